The SMILES string of the molecule is O=C(COCC(F)(F)F)N[C@@H](CO)c1ccccc1. The molecule has 1 atom stereocenters. The molecule has 0 aromatic heterocycles. The number of carbonyl (C=O) groups is 1. The Hall–Kier alpha value is -1.60. The first-order valence-corrected chi connectivity index (χ1v) is 5.52. The van der Waals surface area contributed by atoms with Crippen LogP contribution >= 0.6 is 0 Å². The predicted octanol–water partition coefficient (Wildman–Crippen LogP) is 1.42. The number of ether oxygens (including phenoxy) is 1. The molecule has 106 valence electrons. The third-order valence-electron chi connectivity index (χ3n) is 2.22. The maximum Gasteiger partial charge on any atom is 0.411 e. The molecule has 1 aromatic carbocycles. The first-order chi connectivity index (χ1) is 8.92. The molecule has 0 unspecified atom stereocenters. The van der Waals surface area contributed by atoms with Crippen LogP contribution in [-0.4, -0.2) is 37.0 Å². The predicted molar refractivity (Wildman–Crippen MR) is 61.3 cm³/mol. The fraction of sp³-hybridized carbons (Fsp3) is 0.417. The zero-order chi connectivity index (χ0) is 14.3. The van der Waals surface area contributed by atoms with Crippen molar-refractivity contribution >= 4 is 5.91 Å². The van der Waals surface area contributed by atoms with Crippen molar-refractivity contribution in [2.45, 2.75) is 12.2 Å². The second-order valence-corrected chi connectivity index (χ2v) is 3.82. The zero-order valence-corrected chi connectivity index (χ0v) is 9.98. The third kappa shape index (κ3) is 6.21. The van der Waals surface area contributed by atoms with Crippen molar-refractivity contribution < 1.29 is 27.8 Å². The van der Waals surface area contributed by atoms with Crippen molar-refractivity contribution in [1.82, 2.24) is 5.32 Å². The third-order valence-corrected chi connectivity index (χ3v) is 2.22. The van der Waals surface area contributed by atoms with Crippen LogP contribution in [0.2, 0.25) is 0 Å². The van der Waals surface area contributed by atoms with E-state index in [0.29, 0.717) is 5.56 Å². The lowest BCUT2D eigenvalue weighted by Crippen LogP contribution is -2.34. The molecular formula is C12H14F3NO3. The average Bonchev–Trinajstić information content (AvgIpc) is 2.35. The van der Waals surface area contributed by atoms with Crippen LogP contribution in [0, 0.1) is 0 Å². The number of rotatable bonds is 6. The first-order valence-electron chi connectivity index (χ1n) is 5.52. The molecule has 19 heavy (non-hydrogen) atoms. The molecule has 0 aliphatic carbocycles. The molecule has 2 N–H and O–H groups in total. The standard InChI is InChI=1S/C12H14F3NO3/c13-12(14,15)8-19-7-11(18)16-10(6-17)9-4-2-1-3-5-9/h1-5,10,17H,6-8H2,(H,16,18)/t10-/m0/s1. The summed E-state index contributed by atoms with van der Waals surface area (Å²) in [5, 5.41) is 11.5. The molecule has 0 aliphatic heterocycles. The van der Waals surface area contributed by atoms with E-state index in [0.717, 1.165) is 0 Å². The van der Waals surface area contributed by atoms with Gasteiger partial charge in [0.05, 0.1) is 12.6 Å². The molecule has 1 aromatic rings. The Kier molecular flexibility index (Phi) is 5.78. The van der Waals surface area contributed by atoms with Crippen molar-refractivity contribution in [3.8, 4) is 0 Å². The van der Waals surface area contributed by atoms with Gasteiger partial charge >= 0.3 is 6.18 Å². The van der Waals surface area contributed by atoms with Crippen LogP contribution in [0.5, 0.6) is 0 Å². The molecule has 1 rings (SSSR count). The molecule has 0 bridgehead atoms. The number of aliphatic hydroxyl groups excluding tert-OH is 1. The van der Waals surface area contributed by atoms with Gasteiger partial charge in [0.15, 0.2) is 0 Å². The number of aliphatic hydroxyl groups is 1. The number of alkyl halides is 3. The van der Waals surface area contributed by atoms with Crippen LogP contribution in [0.15, 0.2) is 30.3 Å². The lowest BCUT2D eigenvalue weighted by molar-refractivity contribution is -0.175. The quantitative estimate of drug-likeness (QED) is 0.826. The van der Waals surface area contributed by atoms with Gasteiger partial charge in [-0.15, -0.1) is 0 Å². The summed E-state index contributed by atoms with van der Waals surface area (Å²) in [6.45, 7) is -2.53. The Bertz CT molecular complexity index is 395. The van der Waals surface area contributed by atoms with Gasteiger partial charge in [-0.25, -0.2) is 0 Å². The summed E-state index contributed by atoms with van der Waals surface area (Å²) in [6, 6.07) is 7.94. The van der Waals surface area contributed by atoms with Gasteiger partial charge in [0, 0.05) is 0 Å². The van der Waals surface area contributed by atoms with E-state index < -0.39 is 31.3 Å². The highest BCUT2D eigenvalue weighted by atomic mass is 19.4. The van der Waals surface area contributed by atoms with E-state index in [-0.39, 0.29) is 6.61 Å². The number of hydrogen-bond donors (Lipinski definition) is 2. The minimum Gasteiger partial charge on any atom is -0.394 e. The minimum absolute atomic E-state index is 0.352. The van der Waals surface area contributed by atoms with E-state index in [9.17, 15) is 18.0 Å². The molecule has 0 aliphatic rings. The lowest BCUT2D eigenvalue weighted by atomic mass is 10.1. The van der Waals surface area contributed by atoms with Gasteiger partial charge in [-0.3, -0.25) is 4.79 Å². The Balaban J connectivity index is 2.42. The highest BCUT2D eigenvalue weighted by Gasteiger charge is 2.28. The van der Waals surface area contributed by atoms with Crippen molar-refractivity contribution in [3.63, 3.8) is 0 Å². The minimum atomic E-state index is -4.46. The first kappa shape index (κ1) is 15.5. The van der Waals surface area contributed by atoms with Crippen LogP contribution in [-0.2, 0) is 9.53 Å². The summed E-state index contributed by atoms with van der Waals surface area (Å²) in [5.41, 5.74) is 0.661. The second-order valence-electron chi connectivity index (χ2n) is 3.82. The number of amides is 1. The summed E-state index contributed by atoms with van der Waals surface area (Å²) in [4.78, 5) is 11.4. The van der Waals surface area contributed by atoms with Gasteiger partial charge in [0.1, 0.15) is 13.2 Å². The Morgan fingerprint density at radius 1 is 1.32 bits per heavy atom. The summed E-state index contributed by atoms with van der Waals surface area (Å²) in [7, 11) is 0. The maximum absolute atomic E-state index is 11.8. The van der Waals surface area contributed by atoms with E-state index in [1.54, 1.807) is 30.3 Å². The summed E-state index contributed by atoms with van der Waals surface area (Å²) < 4.78 is 39.6. The fourth-order valence-electron chi connectivity index (χ4n) is 1.42. The Morgan fingerprint density at radius 2 is 1.95 bits per heavy atom. The van der Waals surface area contributed by atoms with Gasteiger partial charge in [-0.05, 0) is 5.56 Å². The molecule has 0 saturated heterocycles. The van der Waals surface area contributed by atoms with Gasteiger partial charge in [-0.2, -0.15) is 13.2 Å². The summed E-state index contributed by atoms with van der Waals surface area (Å²) >= 11 is 0. The van der Waals surface area contributed by atoms with E-state index in [4.69, 9.17) is 5.11 Å². The molecule has 0 heterocycles. The largest absolute Gasteiger partial charge is 0.411 e. The number of nitrogens with one attached hydrogen (secondary N) is 1. The number of benzene rings is 1. The normalized spacial score (nSPS) is 13.1. The van der Waals surface area contributed by atoms with Crippen molar-refractivity contribution in [2.75, 3.05) is 19.8 Å². The summed E-state index contributed by atoms with van der Waals surface area (Å²) in [6.07, 6.45) is -4.46. The van der Waals surface area contributed by atoms with E-state index in [1.807, 2.05) is 0 Å². The van der Waals surface area contributed by atoms with Gasteiger partial charge < -0.3 is 15.2 Å². The van der Waals surface area contributed by atoms with E-state index in [1.165, 1.54) is 0 Å². The topological polar surface area (TPSA) is 58.6 Å². The monoisotopic (exact) mass is 277 g/mol. The molecule has 0 radical (unpaired) electrons. The highest BCUT2D eigenvalue weighted by Crippen LogP contribution is 2.14. The zero-order valence-electron chi connectivity index (χ0n) is 9.98. The van der Waals surface area contributed by atoms with Gasteiger partial charge in [-0.1, -0.05) is 30.3 Å². The molecule has 0 saturated carbocycles. The Labute approximate surface area is 108 Å². The van der Waals surface area contributed by atoms with Crippen LogP contribution in [0.3, 0.4) is 0 Å². The number of carbonyl (C=O) groups excluding carboxylic acids is 1. The number of halogens is 3. The average molecular weight is 277 g/mol. The van der Waals surface area contributed by atoms with Crippen LogP contribution in [0.4, 0.5) is 13.2 Å². The van der Waals surface area contributed by atoms with Gasteiger partial charge in [0.25, 0.3) is 0 Å². The lowest BCUT2D eigenvalue weighted by Gasteiger charge is -2.16. The Morgan fingerprint density at radius 3 is 2.47 bits per heavy atom. The van der Waals surface area contributed by atoms with Crippen LogP contribution < -0.4 is 5.32 Å². The molecule has 4 nitrogen and oxygen atoms in total. The fourth-order valence-corrected chi connectivity index (χ4v) is 1.42. The maximum atomic E-state index is 11.8. The highest BCUT2D eigenvalue weighted by molar-refractivity contribution is 5.77. The van der Waals surface area contributed by atoms with Crippen molar-refractivity contribution in [3.05, 3.63) is 35.9 Å². The molecule has 0 spiro atoms. The van der Waals surface area contributed by atoms with E-state index >= 15 is 0 Å². The smallest absolute Gasteiger partial charge is 0.394 e. The van der Waals surface area contributed by atoms with Gasteiger partial charge in [0.2, 0.25) is 5.91 Å². The molecule has 7 heteroatoms. The number of hydrogen-bond acceptors (Lipinski definition) is 3. The molecular weight excluding hydrogens is 263 g/mol. The molecule has 1 amide bonds. The summed E-state index contributed by atoms with van der Waals surface area (Å²) in [5.74, 6) is -0.716. The second kappa shape index (κ2) is 7.10. The molecule has 0 fully saturated rings. The van der Waals surface area contributed by atoms with Crippen molar-refractivity contribution in [1.29, 1.82) is 0 Å². The van der Waals surface area contributed by atoms with Crippen molar-refractivity contribution in [2.24, 2.45) is 0 Å². The van der Waals surface area contributed by atoms with Crippen LogP contribution in [0.1, 0.15) is 11.6 Å². The van der Waals surface area contributed by atoms with Crippen LogP contribution in [0.25, 0.3) is 0 Å². The van der Waals surface area contributed by atoms with E-state index in [2.05, 4.69) is 10.1 Å².